The average Bonchev–Trinajstić information content (AvgIpc) is 3.25. The summed E-state index contributed by atoms with van der Waals surface area (Å²) in [7, 11) is -1.30. The van der Waals surface area contributed by atoms with Crippen LogP contribution in [0.25, 0.3) is 0 Å². The summed E-state index contributed by atoms with van der Waals surface area (Å²) in [6, 6.07) is 10.3. The molecule has 1 aromatic heterocycles. The number of hydrogen-bond acceptors (Lipinski definition) is 9. The summed E-state index contributed by atoms with van der Waals surface area (Å²) in [6.45, 7) is -0.494. The predicted molar refractivity (Wildman–Crippen MR) is 126 cm³/mol. The predicted octanol–water partition coefficient (Wildman–Crippen LogP) is 3.76. The fraction of sp³-hybridized carbons (Fsp3) is 0.211. The summed E-state index contributed by atoms with van der Waals surface area (Å²) < 4.78 is 39.1. The first kappa shape index (κ1) is 24.1. The smallest absolute Gasteiger partial charge is 0.264 e. The van der Waals surface area contributed by atoms with E-state index in [4.69, 9.17) is 21.1 Å². The molecule has 0 aliphatic heterocycles. The highest BCUT2D eigenvalue weighted by molar-refractivity contribution is 8.00. The van der Waals surface area contributed by atoms with Gasteiger partial charge in [0.05, 0.1) is 24.8 Å². The third-order valence-corrected chi connectivity index (χ3v) is 8.01. The van der Waals surface area contributed by atoms with E-state index in [0.717, 1.165) is 4.31 Å². The Morgan fingerprint density at radius 3 is 2.41 bits per heavy atom. The van der Waals surface area contributed by atoms with Crippen LogP contribution in [0.5, 0.6) is 11.5 Å². The van der Waals surface area contributed by atoms with Gasteiger partial charge in [-0.05, 0) is 42.7 Å². The second-order valence-electron chi connectivity index (χ2n) is 6.13. The van der Waals surface area contributed by atoms with E-state index in [2.05, 4.69) is 15.5 Å². The first-order chi connectivity index (χ1) is 15.3. The van der Waals surface area contributed by atoms with Gasteiger partial charge < -0.3 is 9.47 Å². The fourth-order valence-corrected chi connectivity index (χ4v) is 5.41. The number of nitrogens with one attached hydrogen (secondary N) is 1. The molecule has 3 aromatic rings. The molecular formula is C19H19ClN4O5S3. The van der Waals surface area contributed by atoms with Gasteiger partial charge in [-0.3, -0.25) is 14.4 Å². The number of nitrogens with zero attached hydrogens (tertiary/aromatic N) is 3. The minimum absolute atomic E-state index is 0.0708. The zero-order chi connectivity index (χ0) is 23.3. The largest absolute Gasteiger partial charge is 0.493 e. The zero-order valence-electron chi connectivity index (χ0n) is 17.2. The Labute approximate surface area is 198 Å². The van der Waals surface area contributed by atoms with Crippen molar-refractivity contribution >= 4 is 61.4 Å². The third kappa shape index (κ3) is 5.44. The number of carbonyl (C=O) groups is 1. The molecule has 0 spiro atoms. The summed E-state index contributed by atoms with van der Waals surface area (Å²) in [4.78, 5) is 12.6. The maximum Gasteiger partial charge on any atom is 0.264 e. The number of hydrogen-bond donors (Lipinski definition) is 1. The van der Waals surface area contributed by atoms with E-state index in [1.807, 2.05) is 6.26 Å². The number of methoxy groups -OCH3 is 2. The van der Waals surface area contributed by atoms with Gasteiger partial charge in [-0.25, -0.2) is 8.42 Å². The van der Waals surface area contributed by atoms with Crippen LogP contribution in [0, 0.1) is 0 Å². The molecule has 0 bridgehead atoms. The highest BCUT2D eigenvalue weighted by Crippen LogP contribution is 2.32. The Morgan fingerprint density at radius 1 is 1.12 bits per heavy atom. The van der Waals surface area contributed by atoms with Crippen molar-refractivity contribution in [1.82, 2.24) is 10.2 Å². The van der Waals surface area contributed by atoms with Crippen LogP contribution in [0.1, 0.15) is 0 Å². The molecule has 13 heteroatoms. The van der Waals surface area contributed by atoms with Crippen LogP contribution in [0.2, 0.25) is 5.02 Å². The van der Waals surface area contributed by atoms with Crippen molar-refractivity contribution in [2.75, 3.05) is 36.6 Å². The van der Waals surface area contributed by atoms with Gasteiger partial charge in [0.25, 0.3) is 10.0 Å². The number of sulfonamides is 1. The van der Waals surface area contributed by atoms with Crippen LogP contribution >= 0.6 is 34.7 Å². The van der Waals surface area contributed by atoms with Crippen molar-refractivity contribution in [1.29, 1.82) is 0 Å². The lowest BCUT2D eigenvalue weighted by Gasteiger charge is -2.24. The lowest BCUT2D eigenvalue weighted by molar-refractivity contribution is -0.114. The van der Waals surface area contributed by atoms with Crippen molar-refractivity contribution < 1.29 is 22.7 Å². The van der Waals surface area contributed by atoms with E-state index >= 15 is 0 Å². The maximum absolute atomic E-state index is 13.5. The van der Waals surface area contributed by atoms with Gasteiger partial charge in [-0.1, -0.05) is 34.7 Å². The minimum Gasteiger partial charge on any atom is -0.493 e. The monoisotopic (exact) mass is 514 g/mol. The zero-order valence-corrected chi connectivity index (χ0v) is 20.4. The summed E-state index contributed by atoms with van der Waals surface area (Å²) >= 11 is 8.54. The van der Waals surface area contributed by atoms with Gasteiger partial charge in [-0.15, -0.1) is 10.2 Å². The van der Waals surface area contributed by atoms with Crippen molar-refractivity contribution in [3.8, 4) is 11.5 Å². The van der Waals surface area contributed by atoms with Crippen LogP contribution in [0.4, 0.5) is 10.8 Å². The molecule has 32 heavy (non-hydrogen) atoms. The standard InChI is InChI=1S/C19H19ClN4O5S3/c1-28-15-9-8-14(10-16(15)29-2)32(26,27)24(13-6-4-12(20)5-7-13)11-17(25)21-18-22-23-19(30-3)31-18/h4-10H,11H2,1-3H3,(H,21,22,25). The number of ether oxygens (including phenoxy) is 2. The highest BCUT2D eigenvalue weighted by Gasteiger charge is 2.28. The minimum atomic E-state index is -4.15. The molecule has 0 fully saturated rings. The van der Waals surface area contributed by atoms with Crippen LogP contribution in [0.3, 0.4) is 0 Å². The fourth-order valence-electron chi connectivity index (χ4n) is 2.66. The molecule has 170 valence electrons. The first-order valence-corrected chi connectivity index (χ1v) is 12.8. The maximum atomic E-state index is 13.5. The number of carbonyl (C=O) groups excluding carboxylic acids is 1. The SMILES string of the molecule is COc1ccc(S(=O)(=O)N(CC(=O)Nc2nnc(SC)s2)c2ccc(Cl)cc2)cc1OC. The molecule has 0 saturated carbocycles. The Kier molecular flexibility index (Phi) is 7.82. The normalized spacial score (nSPS) is 11.1. The molecule has 1 amide bonds. The van der Waals surface area contributed by atoms with E-state index in [1.54, 1.807) is 12.1 Å². The number of anilines is 2. The van der Waals surface area contributed by atoms with E-state index in [1.165, 1.54) is 67.7 Å². The molecule has 0 saturated heterocycles. The number of aromatic nitrogens is 2. The van der Waals surface area contributed by atoms with Gasteiger partial charge in [-0.2, -0.15) is 0 Å². The number of benzene rings is 2. The molecule has 0 aliphatic carbocycles. The highest BCUT2D eigenvalue weighted by atomic mass is 35.5. The Balaban J connectivity index is 1.96. The van der Waals surface area contributed by atoms with Gasteiger partial charge >= 0.3 is 0 Å². The van der Waals surface area contributed by atoms with Crippen molar-refractivity contribution in [2.45, 2.75) is 9.24 Å². The molecule has 3 rings (SSSR count). The molecule has 9 nitrogen and oxygen atoms in total. The summed E-state index contributed by atoms with van der Waals surface area (Å²) in [6.07, 6.45) is 1.84. The molecule has 2 aromatic carbocycles. The van der Waals surface area contributed by atoms with E-state index in [0.29, 0.717) is 15.1 Å². The number of halogens is 1. The third-order valence-electron chi connectivity index (χ3n) is 4.17. The van der Waals surface area contributed by atoms with E-state index in [9.17, 15) is 13.2 Å². The van der Waals surface area contributed by atoms with Gasteiger partial charge in [0.2, 0.25) is 11.0 Å². The van der Waals surface area contributed by atoms with Crippen LogP contribution < -0.4 is 19.1 Å². The number of rotatable bonds is 9. The molecule has 0 radical (unpaired) electrons. The molecular weight excluding hydrogens is 496 g/mol. The van der Waals surface area contributed by atoms with Crippen LogP contribution in [0.15, 0.2) is 51.7 Å². The Morgan fingerprint density at radius 2 is 1.81 bits per heavy atom. The lowest BCUT2D eigenvalue weighted by Crippen LogP contribution is -2.38. The molecule has 0 unspecified atom stereocenters. The summed E-state index contributed by atoms with van der Waals surface area (Å²) in [5.41, 5.74) is 0.265. The van der Waals surface area contributed by atoms with Crippen LogP contribution in [-0.4, -0.2) is 51.5 Å². The first-order valence-electron chi connectivity index (χ1n) is 8.96. The second kappa shape index (κ2) is 10.4. The Bertz CT molecular complexity index is 1200. The van der Waals surface area contributed by atoms with Crippen molar-refractivity contribution in [3.63, 3.8) is 0 Å². The number of amides is 1. The molecule has 1 N–H and O–H groups in total. The molecule has 1 heterocycles. The van der Waals surface area contributed by atoms with Gasteiger partial charge in [0.15, 0.2) is 15.8 Å². The lowest BCUT2D eigenvalue weighted by atomic mass is 10.3. The van der Waals surface area contributed by atoms with E-state index in [-0.39, 0.29) is 21.5 Å². The quantitative estimate of drug-likeness (QED) is 0.339. The molecule has 0 atom stereocenters. The van der Waals surface area contributed by atoms with E-state index < -0.39 is 22.5 Å². The summed E-state index contributed by atoms with van der Waals surface area (Å²) in [5.74, 6) is 0.0449. The van der Waals surface area contributed by atoms with Gasteiger partial charge in [0.1, 0.15) is 6.54 Å². The second-order valence-corrected chi connectivity index (χ2v) is 10.5. The summed E-state index contributed by atoms with van der Waals surface area (Å²) in [5, 5.41) is 11.1. The topological polar surface area (TPSA) is 111 Å². The number of thioether (sulfide) groups is 1. The van der Waals surface area contributed by atoms with Crippen LogP contribution in [-0.2, 0) is 14.8 Å². The average molecular weight is 515 g/mol. The molecule has 0 aliphatic rings. The van der Waals surface area contributed by atoms with Gasteiger partial charge in [0, 0.05) is 11.1 Å². The van der Waals surface area contributed by atoms with Crippen molar-refractivity contribution in [3.05, 3.63) is 47.5 Å². The van der Waals surface area contributed by atoms with Crippen molar-refractivity contribution in [2.24, 2.45) is 0 Å². The Hall–Kier alpha value is -2.54.